The van der Waals surface area contributed by atoms with Gasteiger partial charge in [0.25, 0.3) is 5.91 Å². The number of nitrogens with one attached hydrogen (secondary N) is 3. The summed E-state index contributed by atoms with van der Waals surface area (Å²) in [7, 11) is -2.41. The Labute approximate surface area is 311 Å². The fourth-order valence-corrected chi connectivity index (χ4v) is 7.91. The number of allylic oxidation sites excluding steroid dienone is 1. The smallest absolute Gasteiger partial charge is 0.408 e. The van der Waals surface area contributed by atoms with Gasteiger partial charge in [0.05, 0.1) is 18.9 Å². The summed E-state index contributed by atoms with van der Waals surface area (Å²) in [6, 6.07) is 7.02. The van der Waals surface area contributed by atoms with E-state index in [2.05, 4.69) is 27.3 Å². The number of hydrogen-bond donors (Lipinski definition) is 3. The lowest BCUT2D eigenvalue weighted by Gasteiger charge is -2.31. The molecule has 5 unspecified atom stereocenters. The average molecular weight is 756 g/mol. The van der Waals surface area contributed by atoms with Gasteiger partial charge in [0, 0.05) is 23.8 Å². The van der Waals surface area contributed by atoms with Crippen molar-refractivity contribution in [1.82, 2.24) is 25.2 Å². The first kappa shape index (κ1) is 39.8. The minimum absolute atomic E-state index is 0.0249. The molecule has 5 atom stereocenters. The van der Waals surface area contributed by atoms with E-state index >= 15 is 0 Å². The van der Waals surface area contributed by atoms with E-state index in [1.54, 1.807) is 40.7 Å². The van der Waals surface area contributed by atoms with Gasteiger partial charge in [-0.1, -0.05) is 64.0 Å². The van der Waals surface area contributed by atoms with Crippen LogP contribution in [0.5, 0.6) is 11.8 Å². The van der Waals surface area contributed by atoms with Gasteiger partial charge in [0.2, 0.25) is 33.6 Å². The molecular formula is C38H53N5O9S. The van der Waals surface area contributed by atoms with E-state index in [1.165, 1.54) is 12.0 Å². The first-order chi connectivity index (χ1) is 25.0. The Bertz CT molecular complexity index is 1840. The van der Waals surface area contributed by atoms with Gasteiger partial charge in [0.15, 0.2) is 0 Å². The summed E-state index contributed by atoms with van der Waals surface area (Å²) in [4.78, 5) is 61.3. The van der Waals surface area contributed by atoms with Crippen LogP contribution >= 0.6 is 0 Å². The average Bonchev–Trinajstić information content (AvgIpc) is 4.01. The molecule has 15 heteroatoms. The second kappa shape index (κ2) is 15.9. The molecule has 4 amide bonds. The molecule has 5 rings (SSSR count). The van der Waals surface area contributed by atoms with Crippen LogP contribution in [0.2, 0.25) is 0 Å². The van der Waals surface area contributed by atoms with Gasteiger partial charge in [-0.25, -0.2) is 13.2 Å². The maximum atomic E-state index is 14.4. The Morgan fingerprint density at radius 1 is 1.13 bits per heavy atom. The van der Waals surface area contributed by atoms with Gasteiger partial charge in [-0.05, 0) is 63.8 Å². The molecule has 0 bridgehead atoms. The summed E-state index contributed by atoms with van der Waals surface area (Å²) in [6.45, 7) is 10.7. The molecule has 0 radical (unpaired) electrons. The summed E-state index contributed by atoms with van der Waals surface area (Å²) in [5, 5.41) is 6.44. The van der Waals surface area contributed by atoms with Crippen LogP contribution in [0, 0.1) is 11.8 Å². The minimum Gasteiger partial charge on any atom is -0.481 e. The van der Waals surface area contributed by atoms with E-state index in [0.717, 1.165) is 24.6 Å². The zero-order valence-corrected chi connectivity index (χ0v) is 32.5. The van der Waals surface area contributed by atoms with Crippen LogP contribution in [0.3, 0.4) is 0 Å². The normalized spacial score (nSPS) is 23.5. The second-order valence-corrected chi connectivity index (χ2v) is 17.5. The molecule has 1 aromatic carbocycles. The SMILES string of the molecule is CCCCC=CC1CC1(NC(=O)C1CC(Oc2nc(OC)cc3ccccc23)CN1C(=O)C(NC(=O)OC(C)(C)C)C(C)C)C(=O)NS(=O)(=O)C1CC1. The highest BCUT2D eigenvalue weighted by Gasteiger charge is 2.62. The van der Waals surface area contributed by atoms with Gasteiger partial charge >= 0.3 is 6.09 Å². The van der Waals surface area contributed by atoms with E-state index in [-0.39, 0.29) is 25.3 Å². The number of nitrogens with zero attached hydrogens (tertiary/aromatic N) is 2. The van der Waals surface area contributed by atoms with Crippen LogP contribution in [0.25, 0.3) is 10.8 Å². The number of benzene rings is 1. The molecule has 2 heterocycles. The number of sulfonamides is 1. The second-order valence-electron chi connectivity index (χ2n) is 15.6. The van der Waals surface area contributed by atoms with Crippen molar-refractivity contribution in [1.29, 1.82) is 0 Å². The molecule has 53 heavy (non-hydrogen) atoms. The van der Waals surface area contributed by atoms with Crippen molar-refractivity contribution in [3.8, 4) is 11.8 Å². The number of amides is 4. The predicted molar refractivity (Wildman–Crippen MR) is 199 cm³/mol. The van der Waals surface area contributed by atoms with Gasteiger partial charge in [-0.2, -0.15) is 4.98 Å². The van der Waals surface area contributed by atoms with Gasteiger partial charge in [-0.15, -0.1) is 0 Å². The Morgan fingerprint density at radius 2 is 1.85 bits per heavy atom. The molecule has 3 N–H and O–H groups in total. The molecule has 2 saturated carbocycles. The van der Waals surface area contributed by atoms with E-state index < -0.39 is 80.3 Å². The maximum absolute atomic E-state index is 14.4. The molecule has 0 spiro atoms. The van der Waals surface area contributed by atoms with Crippen LogP contribution < -0.4 is 24.8 Å². The highest BCUT2D eigenvalue weighted by atomic mass is 32.2. The number of likely N-dealkylation sites (tertiary alicyclic amines) is 1. The number of unbranched alkanes of at least 4 members (excludes halogenated alkanes) is 2. The molecule has 1 aliphatic heterocycles. The third-order valence-corrected chi connectivity index (χ3v) is 11.5. The van der Waals surface area contributed by atoms with Gasteiger partial charge in [0.1, 0.15) is 29.3 Å². The van der Waals surface area contributed by atoms with E-state index in [0.29, 0.717) is 24.1 Å². The van der Waals surface area contributed by atoms with Crippen LogP contribution in [0.1, 0.15) is 86.5 Å². The third-order valence-electron chi connectivity index (χ3n) is 9.68. The van der Waals surface area contributed by atoms with E-state index in [4.69, 9.17) is 14.2 Å². The number of ether oxygens (including phenoxy) is 3. The Kier molecular flexibility index (Phi) is 11.9. The predicted octanol–water partition coefficient (Wildman–Crippen LogP) is 4.37. The highest BCUT2D eigenvalue weighted by molar-refractivity contribution is 7.91. The number of pyridine rings is 1. The molecular weight excluding hydrogens is 703 g/mol. The summed E-state index contributed by atoms with van der Waals surface area (Å²) in [6.07, 6.45) is 6.14. The maximum Gasteiger partial charge on any atom is 0.408 e. The van der Waals surface area contributed by atoms with E-state index in [1.807, 2.05) is 36.4 Å². The van der Waals surface area contributed by atoms with Crippen LogP contribution in [-0.2, 0) is 29.1 Å². The topological polar surface area (TPSA) is 182 Å². The molecule has 3 aliphatic rings. The number of methoxy groups -OCH3 is 1. The Balaban J connectivity index is 1.45. The fourth-order valence-electron chi connectivity index (χ4n) is 6.55. The lowest BCUT2D eigenvalue weighted by atomic mass is 10.0. The molecule has 290 valence electrons. The number of rotatable bonds is 15. The van der Waals surface area contributed by atoms with Crippen molar-refractivity contribution < 1.29 is 41.8 Å². The fraction of sp³-hybridized carbons (Fsp3) is 0.605. The monoisotopic (exact) mass is 755 g/mol. The lowest BCUT2D eigenvalue weighted by Crippen LogP contribution is -2.59. The quantitative estimate of drug-likeness (QED) is 0.174. The first-order valence-electron chi connectivity index (χ1n) is 18.4. The molecule has 14 nitrogen and oxygen atoms in total. The molecule has 1 aromatic heterocycles. The molecule has 2 aliphatic carbocycles. The van der Waals surface area contributed by atoms with Crippen LogP contribution in [0.15, 0.2) is 42.5 Å². The molecule has 1 saturated heterocycles. The first-order valence-corrected chi connectivity index (χ1v) is 20.0. The zero-order chi connectivity index (χ0) is 38.7. The van der Waals surface area contributed by atoms with Crippen LogP contribution in [0.4, 0.5) is 4.79 Å². The highest BCUT2D eigenvalue weighted by Crippen LogP contribution is 2.46. The number of hydrogen-bond acceptors (Lipinski definition) is 10. The molecule has 3 fully saturated rings. The van der Waals surface area contributed by atoms with Crippen molar-refractivity contribution in [2.45, 2.75) is 121 Å². The lowest BCUT2D eigenvalue weighted by molar-refractivity contribution is -0.141. The summed E-state index contributed by atoms with van der Waals surface area (Å²) in [5.41, 5.74) is -2.34. The van der Waals surface area contributed by atoms with Crippen molar-refractivity contribution in [2.75, 3.05) is 13.7 Å². The Morgan fingerprint density at radius 3 is 2.49 bits per heavy atom. The van der Waals surface area contributed by atoms with Gasteiger partial charge in [-0.3, -0.25) is 19.1 Å². The van der Waals surface area contributed by atoms with Crippen molar-refractivity contribution >= 4 is 44.6 Å². The summed E-state index contributed by atoms with van der Waals surface area (Å²) >= 11 is 0. The Hall–Kier alpha value is -4.40. The number of carbonyl (C=O) groups excluding carboxylic acids is 4. The standard InChI is InChI=1S/C38H53N5O9S/c1-8-9-10-11-15-25-21-38(25,35(46)42-53(48,49)27-17-18-27)41-32(44)29-20-26(51-33-28-16-13-12-14-24(28)19-30(39-33)50-7)22-43(29)34(45)31(23(2)3)40-36(47)52-37(4,5)6/h11-16,19,23,25-27,29,31H,8-10,17-18,20-22H2,1-7H3,(H,40,47)(H,41,44)(H,42,46). The zero-order valence-electron chi connectivity index (χ0n) is 31.6. The summed E-state index contributed by atoms with van der Waals surface area (Å²) < 4.78 is 45.2. The largest absolute Gasteiger partial charge is 0.481 e. The number of aromatic nitrogens is 1. The summed E-state index contributed by atoms with van der Waals surface area (Å²) in [5.74, 6) is -2.25. The number of alkyl carbamates (subject to hydrolysis) is 1. The van der Waals surface area contributed by atoms with Crippen molar-refractivity contribution in [3.05, 3.63) is 42.5 Å². The van der Waals surface area contributed by atoms with Crippen molar-refractivity contribution in [3.63, 3.8) is 0 Å². The van der Waals surface area contributed by atoms with Crippen molar-refractivity contribution in [2.24, 2.45) is 11.8 Å². The number of carbonyl (C=O) groups is 4. The molecule has 2 aromatic rings. The van der Waals surface area contributed by atoms with E-state index in [9.17, 15) is 27.6 Å². The van der Waals surface area contributed by atoms with Gasteiger partial charge < -0.3 is 29.7 Å². The number of fused-ring (bicyclic) bond motifs is 1. The third kappa shape index (κ3) is 9.59. The van der Waals surface area contributed by atoms with Crippen LogP contribution in [-0.4, -0.2) is 90.3 Å². The minimum atomic E-state index is -3.90.